The fraction of sp³-hybridized carbons (Fsp3) is 0. The zero-order valence-electron chi connectivity index (χ0n) is 26.0. The number of hydrogen-bond donors (Lipinski definition) is 0. The van der Waals surface area contributed by atoms with Gasteiger partial charge in [0.25, 0.3) is 0 Å². The molecule has 0 bridgehead atoms. The molecule has 0 unspecified atom stereocenters. The van der Waals surface area contributed by atoms with Crippen LogP contribution in [0.1, 0.15) is 0 Å². The molecule has 0 aliphatic heterocycles. The van der Waals surface area contributed by atoms with Crippen LogP contribution in [0.15, 0.2) is 170 Å². The van der Waals surface area contributed by atoms with Gasteiger partial charge in [-0.2, -0.15) is 0 Å². The first-order valence-electron chi connectivity index (χ1n) is 16.1. The molecule has 0 aliphatic carbocycles. The van der Waals surface area contributed by atoms with Crippen molar-refractivity contribution in [3.05, 3.63) is 170 Å². The van der Waals surface area contributed by atoms with E-state index in [-0.39, 0.29) is 0 Å². The minimum absolute atomic E-state index is 0.614. The lowest BCUT2D eigenvalue weighted by atomic mass is 9.89. The van der Waals surface area contributed by atoms with Crippen LogP contribution in [0.3, 0.4) is 0 Å². The molecule has 0 saturated carbocycles. The molecular formula is C44H28N4. The van der Waals surface area contributed by atoms with Gasteiger partial charge in [-0.1, -0.05) is 133 Å². The van der Waals surface area contributed by atoms with Gasteiger partial charge in [0.15, 0.2) is 17.5 Å². The first-order chi connectivity index (χ1) is 23.8. The van der Waals surface area contributed by atoms with Crippen molar-refractivity contribution in [2.24, 2.45) is 0 Å². The van der Waals surface area contributed by atoms with Crippen LogP contribution in [-0.4, -0.2) is 19.9 Å². The molecule has 2 heterocycles. The van der Waals surface area contributed by atoms with Gasteiger partial charge in [-0.05, 0) is 78.8 Å². The minimum atomic E-state index is 0.614. The summed E-state index contributed by atoms with van der Waals surface area (Å²) in [5.41, 5.74) is 7.35. The van der Waals surface area contributed by atoms with Crippen LogP contribution >= 0.6 is 0 Å². The van der Waals surface area contributed by atoms with Gasteiger partial charge in [-0.3, -0.25) is 4.98 Å². The fourth-order valence-electron chi connectivity index (χ4n) is 6.74. The highest BCUT2D eigenvalue weighted by Crippen LogP contribution is 2.39. The molecule has 48 heavy (non-hydrogen) atoms. The molecular weight excluding hydrogens is 585 g/mol. The maximum Gasteiger partial charge on any atom is 0.164 e. The van der Waals surface area contributed by atoms with Crippen molar-refractivity contribution < 1.29 is 0 Å². The van der Waals surface area contributed by atoms with E-state index in [1.165, 1.54) is 43.4 Å². The molecule has 0 aliphatic rings. The monoisotopic (exact) mass is 612 g/mol. The number of benzene rings is 7. The van der Waals surface area contributed by atoms with Crippen LogP contribution in [0.4, 0.5) is 0 Å². The lowest BCUT2D eigenvalue weighted by molar-refractivity contribution is 1.07. The Morgan fingerprint density at radius 1 is 0.271 bits per heavy atom. The molecule has 4 heteroatoms. The van der Waals surface area contributed by atoms with Crippen molar-refractivity contribution in [3.63, 3.8) is 0 Å². The molecule has 0 atom stereocenters. The summed E-state index contributed by atoms with van der Waals surface area (Å²) in [6.45, 7) is 0. The zero-order chi connectivity index (χ0) is 31.9. The summed E-state index contributed by atoms with van der Waals surface area (Å²) < 4.78 is 0. The van der Waals surface area contributed by atoms with Crippen molar-refractivity contribution in [1.29, 1.82) is 0 Å². The van der Waals surface area contributed by atoms with Crippen molar-refractivity contribution in [2.45, 2.75) is 0 Å². The average molecular weight is 613 g/mol. The third kappa shape index (κ3) is 4.88. The maximum absolute atomic E-state index is 4.96. The molecule has 224 valence electrons. The second-order valence-electron chi connectivity index (χ2n) is 11.9. The van der Waals surface area contributed by atoms with Crippen LogP contribution in [0.5, 0.6) is 0 Å². The van der Waals surface area contributed by atoms with E-state index in [0.29, 0.717) is 17.5 Å². The molecule has 0 fully saturated rings. The Labute approximate surface area is 278 Å². The van der Waals surface area contributed by atoms with Gasteiger partial charge < -0.3 is 0 Å². The highest BCUT2D eigenvalue weighted by atomic mass is 15.0. The highest BCUT2D eigenvalue weighted by molar-refractivity contribution is 6.25. The SMILES string of the molecule is c1ccc(-c2nc(-c3ccncc3)nc(-c3cccc(-c4ccccc4-c4ccc5c6ccccc6c6ccccc6c5c4)c3)n2)cc1. The third-order valence-electron chi connectivity index (χ3n) is 9.02. The average Bonchev–Trinajstić information content (AvgIpc) is 3.18. The molecule has 9 aromatic rings. The molecule has 9 rings (SSSR count). The normalized spacial score (nSPS) is 11.3. The van der Waals surface area contributed by atoms with E-state index in [1.807, 2.05) is 42.5 Å². The van der Waals surface area contributed by atoms with Gasteiger partial charge in [-0.15, -0.1) is 0 Å². The van der Waals surface area contributed by atoms with Crippen LogP contribution in [0.25, 0.3) is 88.7 Å². The quantitative estimate of drug-likeness (QED) is 0.181. The van der Waals surface area contributed by atoms with E-state index in [2.05, 4.69) is 120 Å². The van der Waals surface area contributed by atoms with E-state index in [1.54, 1.807) is 12.4 Å². The molecule has 4 nitrogen and oxygen atoms in total. The summed E-state index contributed by atoms with van der Waals surface area (Å²) in [6.07, 6.45) is 3.52. The number of hydrogen-bond acceptors (Lipinski definition) is 4. The smallest absolute Gasteiger partial charge is 0.164 e. The maximum atomic E-state index is 4.96. The molecule has 0 radical (unpaired) electrons. The predicted molar refractivity (Wildman–Crippen MR) is 197 cm³/mol. The summed E-state index contributed by atoms with van der Waals surface area (Å²) in [4.78, 5) is 19.0. The lowest BCUT2D eigenvalue weighted by Gasteiger charge is -2.15. The van der Waals surface area contributed by atoms with Crippen molar-refractivity contribution in [2.75, 3.05) is 0 Å². The molecule has 7 aromatic carbocycles. The lowest BCUT2D eigenvalue weighted by Crippen LogP contribution is -2.00. The van der Waals surface area contributed by atoms with E-state index in [9.17, 15) is 0 Å². The van der Waals surface area contributed by atoms with Crippen LogP contribution in [0, 0.1) is 0 Å². The number of fused-ring (bicyclic) bond motifs is 6. The second-order valence-corrected chi connectivity index (χ2v) is 11.9. The van der Waals surface area contributed by atoms with Gasteiger partial charge in [0, 0.05) is 29.1 Å². The number of pyridine rings is 1. The molecule has 0 N–H and O–H groups in total. The Kier molecular flexibility index (Phi) is 6.76. The van der Waals surface area contributed by atoms with Gasteiger partial charge in [0.05, 0.1) is 0 Å². The van der Waals surface area contributed by atoms with E-state index < -0.39 is 0 Å². The fourth-order valence-corrected chi connectivity index (χ4v) is 6.74. The zero-order valence-corrected chi connectivity index (χ0v) is 26.0. The van der Waals surface area contributed by atoms with Gasteiger partial charge in [-0.25, -0.2) is 15.0 Å². The number of rotatable bonds is 5. The van der Waals surface area contributed by atoms with Crippen LogP contribution in [0.2, 0.25) is 0 Å². The summed E-state index contributed by atoms with van der Waals surface area (Å²) in [6, 6.07) is 55.4. The molecule has 0 amide bonds. The number of nitrogens with zero attached hydrogens (tertiary/aromatic N) is 4. The second kappa shape index (κ2) is 11.7. The first-order valence-corrected chi connectivity index (χ1v) is 16.1. The highest BCUT2D eigenvalue weighted by Gasteiger charge is 2.15. The van der Waals surface area contributed by atoms with Gasteiger partial charge >= 0.3 is 0 Å². The van der Waals surface area contributed by atoms with Crippen molar-refractivity contribution in [3.8, 4) is 56.4 Å². The van der Waals surface area contributed by atoms with Gasteiger partial charge in [0.2, 0.25) is 0 Å². The summed E-state index contributed by atoms with van der Waals surface area (Å²) in [7, 11) is 0. The molecule has 0 saturated heterocycles. The van der Waals surface area contributed by atoms with E-state index >= 15 is 0 Å². The Morgan fingerprint density at radius 3 is 1.33 bits per heavy atom. The van der Waals surface area contributed by atoms with Crippen LogP contribution in [-0.2, 0) is 0 Å². The van der Waals surface area contributed by atoms with E-state index in [0.717, 1.165) is 27.8 Å². The minimum Gasteiger partial charge on any atom is -0.265 e. The Bertz CT molecular complexity index is 2520. The van der Waals surface area contributed by atoms with Crippen molar-refractivity contribution in [1.82, 2.24) is 19.9 Å². The van der Waals surface area contributed by atoms with Crippen molar-refractivity contribution >= 4 is 32.3 Å². The van der Waals surface area contributed by atoms with Gasteiger partial charge in [0.1, 0.15) is 0 Å². The number of aromatic nitrogens is 4. The third-order valence-corrected chi connectivity index (χ3v) is 9.02. The predicted octanol–water partition coefficient (Wildman–Crippen LogP) is 11.1. The standard InChI is InChI=1S/C44H28N4/c1-2-11-29(12-3-1)42-46-43(30-23-25-45-26-24-30)48-44(47-42)33-14-10-13-31(27-33)34-15-4-5-16-35(34)32-21-22-40-38-19-7-6-17-36(38)37-18-8-9-20-39(37)41(40)28-32/h1-28H. The summed E-state index contributed by atoms with van der Waals surface area (Å²) in [5.74, 6) is 1.87. The van der Waals surface area contributed by atoms with Crippen LogP contribution < -0.4 is 0 Å². The molecule has 0 spiro atoms. The summed E-state index contributed by atoms with van der Waals surface area (Å²) >= 11 is 0. The van der Waals surface area contributed by atoms with E-state index in [4.69, 9.17) is 15.0 Å². The largest absolute Gasteiger partial charge is 0.265 e. The first kappa shape index (κ1) is 27.8. The molecule has 2 aromatic heterocycles. The Morgan fingerprint density at radius 2 is 0.708 bits per heavy atom. The Balaban J connectivity index is 1.19. The Hall–Kier alpha value is -6.52. The summed E-state index contributed by atoms with van der Waals surface area (Å²) in [5, 5.41) is 7.62. The topological polar surface area (TPSA) is 51.6 Å².